The molecular weight excluding hydrogens is 340 g/mol. The fraction of sp³-hybridized carbons (Fsp3) is 0.778. The molecule has 0 aromatic heterocycles. The molecule has 8 nitrogen and oxygen atoms in total. The van der Waals surface area contributed by atoms with Crippen molar-refractivity contribution >= 4 is 23.8 Å². The molecule has 0 saturated heterocycles. The molecule has 0 heterocycles. The van der Waals surface area contributed by atoms with Gasteiger partial charge in [-0.1, -0.05) is 38.5 Å². The highest BCUT2D eigenvalue weighted by Crippen LogP contribution is 2.12. The summed E-state index contributed by atoms with van der Waals surface area (Å²) in [7, 11) is 2.61. The van der Waals surface area contributed by atoms with E-state index in [1.165, 1.54) is 28.1 Å². The Morgan fingerprint density at radius 2 is 0.962 bits per heavy atom. The number of methoxy groups -OCH3 is 2. The highest BCUT2D eigenvalue weighted by molar-refractivity contribution is 5.83. The number of carbonyl (C=O) groups excluding carboxylic acids is 4. The fourth-order valence-electron chi connectivity index (χ4n) is 2.68. The Labute approximate surface area is 155 Å². The summed E-state index contributed by atoms with van der Waals surface area (Å²) in [5.41, 5.74) is 0. The molecule has 26 heavy (non-hydrogen) atoms. The minimum absolute atomic E-state index is 0.250. The smallest absolute Gasteiger partial charge is 0.328 e. The Morgan fingerprint density at radius 3 is 1.23 bits per heavy atom. The molecule has 0 bridgehead atoms. The second-order valence-corrected chi connectivity index (χ2v) is 6.25. The molecule has 2 unspecified atom stereocenters. The topological polar surface area (TPSA) is 111 Å². The molecule has 0 aliphatic rings. The second kappa shape index (κ2) is 14.1. The Morgan fingerprint density at radius 1 is 0.654 bits per heavy atom. The van der Waals surface area contributed by atoms with Crippen molar-refractivity contribution in [1.82, 2.24) is 10.6 Å². The molecule has 2 N–H and O–H groups in total. The van der Waals surface area contributed by atoms with E-state index in [4.69, 9.17) is 0 Å². The molecule has 0 spiro atoms. The number of rotatable bonds is 13. The summed E-state index contributed by atoms with van der Waals surface area (Å²) >= 11 is 0. The van der Waals surface area contributed by atoms with Gasteiger partial charge < -0.3 is 20.1 Å². The van der Waals surface area contributed by atoms with Crippen LogP contribution in [-0.2, 0) is 28.7 Å². The van der Waals surface area contributed by atoms with Crippen LogP contribution in [0.3, 0.4) is 0 Å². The van der Waals surface area contributed by atoms with Crippen LogP contribution in [0, 0.1) is 0 Å². The Kier molecular flexibility index (Phi) is 12.9. The predicted molar refractivity (Wildman–Crippen MR) is 96.2 cm³/mol. The summed E-state index contributed by atoms with van der Waals surface area (Å²) in [6.45, 7) is 2.75. The Hall–Kier alpha value is -2.12. The molecule has 0 aliphatic carbocycles. The number of nitrogens with one attached hydrogen (secondary N) is 2. The monoisotopic (exact) mass is 372 g/mol. The van der Waals surface area contributed by atoms with Crippen molar-refractivity contribution in [2.75, 3.05) is 14.2 Å². The third-order valence-electron chi connectivity index (χ3n) is 3.96. The zero-order chi connectivity index (χ0) is 19.9. The lowest BCUT2D eigenvalue weighted by atomic mass is 10.0. The van der Waals surface area contributed by atoms with E-state index in [0.29, 0.717) is 12.8 Å². The van der Waals surface area contributed by atoms with Crippen molar-refractivity contribution in [3.8, 4) is 0 Å². The van der Waals surface area contributed by atoms with Crippen molar-refractivity contribution in [2.24, 2.45) is 0 Å². The number of unbranched alkanes of at least 4 members (excludes halogenated alkanes) is 5. The first-order valence-electron chi connectivity index (χ1n) is 9.01. The number of carbonyl (C=O) groups is 4. The van der Waals surface area contributed by atoms with Gasteiger partial charge in [0.1, 0.15) is 12.1 Å². The van der Waals surface area contributed by atoms with E-state index in [-0.39, 0.29) is 11.8 Å². The van der Waals surface area contributed by atoms with E-state index >= 15 is 0 Å². The Bertz CT molecular complexity index is 425. The average Bonchev–Trinajstić information content (AvgIpc) is 2.59. The first kappa shape index (κ1) is 23.9. The van der Waals surface area contributed by atoms with Crippen LogP contribution in [0.15, 0.2) is 0 Å². The van der Waals surface area contributed by atoms with Crippen molar-refractivity contribution in [3.05, 3.63) is 0 Å². The van der Waals surface area contributed by atoms with E-state index in [1.54, 1.807) is 0 Å². The number of hydrogen-bond acceptors (Lipinski definition) is 6. The SMILES string of the molecule is COC(=O)C(CCCCCCCCC(NC(C)=O)C(=O)OC)NC(C)=O. The van der Waals surface area contributed by atoms with Crippen LogP contribution < -0.4 is 10.6 Å². The first-order valence-corrected chi connectivity index (χ1v) is 9.01. The molecular formula is C18H32N2O6. The molecule has 2 amide bonds. The third-order valence-corrected chi connectivity index (χ3v) is 3.96. The molecule has 0 aromatic carbocycles. The quantitative estimate of drug-likeness (QED) is 0.374. The van der Waals surface area contributed by atoms with Crippen molar-refractivity contribution in [3.63, 3.8) is 0 Å². The zero-order valence-corrected chi connectivity index (χ0v) is 16.3. The van der Waals surface area contributed by atoms with Crippen LogP contribution in [0.5, 0.6) is 0 Å². The predicted octanol–water partition coefficient (Wildman–Crippen LogP) is 1.46. The fourth-order valence-corrected chi connectivity index (χ4v) is 2.68. The van der Waals surface area contributed by atoms with Crippen LogP contribution in [-0.4, -0.2) is 50.1 Å². The molecule has 0 aliphatic heterocycles. The number of ether oxygens (including phenoxy) is 2. The van der Waals surface area contributed by atoms with Gasteiger partial charge in [-0.15, -0.1) is 0 Å². The van der Waals surface area contributed by atoms with E-state index < -0.39 is 24.0 Å². The molecule has 150 valence electrons. The zero-order valence-electron chi connectivity index (χ0n) is 16.3. The summed E-state index contributed by atoms with van der Waals surface area (Å²) < 4.78 is 9.36. The van der Waals surface area contributed by atoms with Gasteiger partial charge in [-0.05, 0) is 12.8 Å². The van der Waals surface area contributed by atoms with Crippen molar-refractivity contribution in [2.45, 2.75) is 77.3 Å². The summed E-state index contributed by atoms with van der Waals surface area (Å²) in [6, 6.07) is -1.17. The molecule has 2 atom stereocenters. The third kappa shape index (κ3) is 11.4. The first-order chi connectivity index (χ1) is 12.3. The van der Waals surface area contributed by atoms with Crippen LogP contribution >= 0.6 is 0 Å². The van der Waals surface area contributed by atoms with Crippen LogP contribution in [0.4, 0.5) is 0 Å². The average molecular weight is 372 g/mol. The maximum absolute atomic E-state index is 11.6. The van der Waals surface area contributed by atoms with Gasteiger partial charge in [-0.2, -0.15) is 0 Å². The summed E-state index contributed by atoms with van der Waals surface area (Å²) in [5, 5.41) is 5.19. The van der Waals surface area contributed by atoms with Gasteiger partial charge in [0.25, 0.3) is 0 Å². The minimum Gasteiger partial charge on any atom is -0.467 e. The van der Waals surface area contributed by atoms with Gasteiger partial charge >= 0.3 is 11.9 Å². The van der Waals surface area contributed by atoms with E-state index in [0.717, 1.165) is 38.5 Å². The maximum Gasteiger partial charge on any atom is 0.328 e. The lowest BCUT2D eigenvalue weighted by Crippen LogP contribution is -2.40. The number of amides is 2. The van der Waals surface area contributed by atoms with E-state index in [9.17, 15) is 19.2 Å². The lowest BCUT2D eigenvalue weighted by Gasteiger charge is -2.15. The normalized spacial score (nSPS) is 12.6. The molecule has 8 heteroatoms. The highest BCUT2D eigenvalue weighted by atomic mass is 16.5. The molecule has 0 fully saturated rings. The largest absolute Gasteiger partial charge is 0.467 e. The van der Waals surface area contributed by atoms with Crippen LogP contribution in [0.1, 0.15) is 65.2 Å². The van der Waals surface area contributed by atoms with Gasteiger partial charge in [-0.3, -0.25) is 9.59 Å². The molecule has 0 saturated carbocycles. The molecule has 0 radical (unpaired) electrons. The number of hydrogen-bond donors (Lipinski definition) is 2. The van der Waals surface area contributed by atoms with Crippen molar-refractivity contribution < 1.29 is 28.7 Å². The summed E-state index contributed by atoms with van der Waals surface area (Å²) in [4.78, 5) is 45.3. The van der Waals surface area contributed by atoms with Gasteiger partial charge in [0.05, 0.1) is 14.2 Å². The molecule has 0 rings (SSSR count). The van der Waals surface area contributed by atoms with Gasteiger partial charge in [0.2, 0.25) is 11.8 Å². The minimum atomic E-state index is -0.587. The van der Waals surface area contributed by atoms with Gasteiger partial charge in [0, 0.05) is 13.8 Å². The highest BCUT2D eigenvalue weighted by Gasteiger charge is 2.20. The molecule has 0 aromatic rings. The summed E-state index contributed by atoms with van der Waals surface area (Å²) in [6.07, 6.45) is 6.62. The van der Waals surface area contributed by atoms with Gasteiger partial charge in [0.15, 0.2) is 0 Å². The lowest BCUT2D eigenvalue weighted by molar-refractivity contribution is -0.145. The van der Waals surface area contributed by atoms with Crippen LogP contribution in [0.2, 0.25) is 0 Å². The van der Waals surface area contributed by atoms with Gasteiger partial charge in [-0.25, -0.2) is 9.59 Å². The standard InChI is InChI=1S/C18H32N2O6/c1-13(21)19-15(17(23)25-3)11-9-7-5-6-8-10-12-16(18(24)26-4)20-14(2)22/h15-16H,5-12H2,1-4H3,(H,19,21)(H,20,22). The van der Waals surface area contributed by atoms with E-state index in [1.807, 2.05) is 0 Å². The summed E-state index contributed by atoms with van der Waals surface area (Å²) in [5.74, 6) is -1.35. The Balaban J connectivity index is 3.91. The van der Waals surface area contributed by atoms with Crippen LogP contribution in [0.25, 0.3) is 0 Å². The van der Waals surface area contributed by atoms with Crippen molar-refractivity contribution in [1.29, 1.82) is 0 Å². The van der Waals surface area contributed by atoms with E-state index in [2.05, 4.69) is 20.1 Å². The second-order valence-electron chi connectivity index (χ2n) is 6.25. The number of esters is 2. The maximum atomic E-state index is 11.6.